The Bertz CT molecular complexity index is 967. The van der Waals surface area contributed by atoms with Gasteiger partial charge in [-0.15, -0.1) is 0 Å². The predicted molar refractivity (Wildman–Crippen MR) is 96.8 cm³/mol. The van der Waals surface area contributed by atoms with Gasteiger partial charge >= 0.3 is 6.09 Å². The molecule has 1 N–H and O–H groups in total. The summed E-state index contributed by atoms with van der Waals surface area (Å²) in [7, 11) is 0. The first-order valence-corrected chi connectivity index (χ1v) is 8.27. The first-order chi connectivity index (χ1) is 11.8. The van der Waals surface area contributed by atoms with Crippen molar-refractivity contribution in [3.63, 3.8) is 0 Å². The van der Waals surface area contributed by atoms with Crippen LogP contribution in [0.4, 0.5) is 15.6 Å². The van der Waals surface area contributed by atoms with Crippen molar-refractivity contribution in [1.82, 2.24) is 15.0 Å². The monoisotopic (exact) mass is 353 g/mol. The summed E-state index contributed by atoms with van der Waals surface area (Å²) in [5, 5.41) is 2.97. The van der Waals surface area contributed by atoms with Crippen LogP contribution >= 0.6 is 11.3 Å². The van der Waals surface area contributed by atoms with Crippen molar-refractivity contribution < 1.29 is 9.53 Å². The standard InChI is InChI=1S/C17H15N5O2S/c1-17(2,3)24-16(23)22-15-21-13-14(25-15)20-12(9-19-13)10-5-7-11(18-4)8-6-10/h5-9H,1-3H3,(H,19,21,22,23). The molecule has 7 nitrogen and oxygen atoms in total. The quantitative estimate of drug-likeness (QED) is 0.678. The Morgan fingerprint density at radius 3 is 2.60 bits per heavy atom. The van der Waals surface area contributed by atoms with E-state index < -0.39 is 11.7 Å². The summed E-state index contributed by atoms with van der Waals surface area (Å²) in [6.07, 6.45) is 1.05. The molecule has 3 rings (SSSR count). The van der Waals surface area contributed by atoms with Crippen LogP contribution in [-0.4, -0.2) is 26.6 Å². The topological polar surface area (TPSA) is 81.4 Å². The van der Waals surface area contributed by atoms with Crippen LogP contribution in [0.1, 0.15) is 20.8 Å². The molecule has 2 aromatic heterocycles. The number of carbonyl (C=O) groups excluding carboxylic acids is 1. The molecule has 8 heteroatoms. The molecule has 1 amide bonds. The minimum atomic E-state index is -0.581. The van der Waals surface area contributed by atoms with Crippen LogP contribution in [0.3, 0.4) is 0 Å². The van der Waals surface area contributed by atoms with Crippen molar-refractivity contribution in [2.24, 2.45) is 0 Å². The fourth-order valence-corrected chi connectivity index (χ4v) is 2.79. The molecule has 0 unspecified atom stereocenters. The highest BCUT2D eigenvalue weighted by Crippen LogP contribution is 2.27. The first-order valence-electron chi connectivity index (χ1n) is 7.45. The van der Waals surface area contributed by atoms with Crippen LogP contribution in [0.5, 0.6) is 0 Å². The largest absolute Gasteiger partial charge is 0.444 e. The molecule has 0 aliphatic carbocycles. The Labute approximate surface area is 148 Å². The van der Waals surface area contributed by atoms with E-state index in [0.717, 1.165) is 5.56 Å². The Morgan fingerprint density at radius 1 is 1.24 bits per heavy atom. The molecule has 0 radical (unpaired) electrons. The number of benzene rings is 1. The number of fused-ring (bicyclic) bond motifs is 1. The van der Waals surface area contributed by atoms with Crippen molar-refractivity contribution in [3.8, 4) is 11.3 Å². The molecule has 25 heavy (non-hydrogen) atoms. The first kappa shape index (κ1) is 16.8. The lowest BCUT2D eigenvalue weighted by molar-refractivity contribution is 0.0636. The maximum absolute atomic E-state index is 11.8. The SMILES string of the molecule is [C-]#[N+]c1ccc(-c2cnc3nc(NC(=O)OC(C)(C)C)sc3n2)cc1. The van der Waals surface area contributed by atoms with E-state index in [0.29, 0.717) is 27.0 Å². The fourth-order valence-electron chi connectivity index (χ4n) is 2.01. The van der Waals surface area contributed by atoms with E-state index in [2.05, 4.69) is 25.1 Å². The second-order valence-electron chi connectivity index (χ2n) is 6.19. The zero-order chi connectivity index (χ0) is 18.0. The number of anilines is 1. The molecule has 0 fully saturated rings. The zero-order valence-electron chi connectivity index (χ0n) is 13.9. The maximum atomic E-state index is 11.8. The number of aromatic nitrogens is 3. The third-order valence-electron chi connectivity index (χ3n) is 3.02. The molecule has 0 saturated heterocycles. The summed E-state index contributed by atoms with van der Waals surface area (Å²) in [6, 6.07) is 7.11. The van der Waals surface area contributed by atoms with Crippen LogP contribution < -0.4 is 5.32 Å². The number of hydrogen-bond acceptors (Lipinski definition) is 6. The van der Waals surface area contributed by atoms with Gasteiger partial charge in [-0.2, -0.15) is 4.98 Å². The van der Waals surface area contributed by atoms with E-state index in [4.69, 9.17) is 11.3 Å². The lowest BCUT2D eigenvalue weighted by Gasteiger charge is -2.18. The molecule has 126 valence electrons. The minimum Gasteiger partial charge on any atom is -0.444 e. The van der Waals surface area contributed by atoms with Crippen molar-refractivity contribution in [3.05, 3.63) is 41.9 Å². The van der Waals surface area contributed by atoms with Crippen LogP contribution in [-0.2, 0) is 4.74 Å². The summed E-state index contributed by atoms with van der Waals surface area (Å²) in [4.78, 5) is 28.8. The maximum Gasteiger partial charge on any atom is 0.413 e. The molecular formula is C17H15N5O2S. The molecular weight excluding hydrogens is 338 g/mol. The van der Waals surface area contributed by atoms with E-state index in [1.807, 2.05) is 12.1 Å². The van der Waals surface area contributed by atoms with Crippen LogP contribution in [0.25, 0.3) is 26.6 Å². The number of rotatable bonds is 2. The van der Waals surface area contributed by atoms with E-state index in [-0.39, 0.29) is 0 Å². The van der Waals surface area contributed by atoms with E-state index in [1.54, 1.807) is 39.1 Å². The lowest BCUT2D eigenvalue weighted by Crippen LogP contribution is -2.27. The Hall–Kier alpha value is -3.05. The van der Waals surface area contributed by atoms with Gasteiger partial charge in [-0.3, -0.25) is 5.32 Å². The van der Waals surface area contributed by atoms with Gasteiger partial charge in [-0.1, -0.05) is 35.6 Å². The number of amides is 1. The highest BCUT2D eigenvalue weighted by atomic mass is 32.1. The van der Waals surface area contributed by atoms with Gasteiger partial charge in [0.25, 0.3) is 0 Å². The highest BCUT2D eigenvalue weighted by Gasteiger charge is 2.18. The molecule has 0 spiro atoms. The Balaban J connectivity index is 1.84. The lowest BCUT2D eigenvalue weighted by atomic mass is 10.1. The number of nitrogens with one attached hydrogen (secondary N) is 1. The second kappa shape index (κ2) is 6.45. The minimum absolute atomic E-state index is 0.379. The number of carbonyl (C=O) groups is 1. The molecule has 0 saturated carbocycles. The summed E-state index contributed by atoms with van der Waals surface area (Å²) in [5.41, 5.74) is 1.98. The molecule has 0 bridgehead atoms. The number of hydrogen-bond donors (Lipinski definition) is 1. The molecule has 3 aromatic rings. The molecule has 0 aliphatic rings. The van der Waals surface area contributed by atoms with Gasteiger partial charge in [0, 0.05) is 0 Å². The summed E-state index contributed by atoms with van der Waals surface area (Å²) in [5.74, 6) is 0. The summed E-state index contributed by atoms with van der Waals surface area (Å²) < 4.78 is 5.20. The Morgan fingerprint density at radius 2 is 1.96 bits per heavy atom. The van der Waals surface area contributed by atoms with Crippen LogP contribution in [0.15, 0.2) is 30.5 Å². The predicted octanol–water partition coefficient (Wildman–Crippen LogP) is 4.65. The fraction of sp³-hybridized carbons (Fsp3) is 0.235. The third-order valence-corrected chi connectivity index (χ3v) is 3.88. The van der Waals surface area contributed by atoms with Gasteiger partial charge in [-0.25, -0.2) is 19.6 Å². The van der Waals surface area contributed by atoms with Crippen molar-refractivity contribution in [2.75, 3.05) is 5.32 Å². The third kappa shape index (κ3) is 4.08. The second-order valence-corrected chi connectivity index (χ2v) is 7.17. The summed E-state index contributed by atoms with van der Waals surface area (Å²) in [6.45, 7) is 12.4. The average molecular weight is 353 g/mol. The van der Waals surface area contributed by atoms with Gasteiger partial charge in [0.1, 0.15) is 5.60 Å². The van der Waals surface area contributed by atoms with E-state index >= 15 is 0 Å². The highest BCUT2D eigenvalue weighted by molar-refractivity contribution is 7.21. The normalized spacial score (nSPS) is 11.1. The van der Waals surface area contributed by atoms with Gasteiger partial charge in [-0.05, 0) is 26.3 Å². The van der Waals surface area contributed by atoms with Crippen LogP contribution in [0, 0.1) is 6.57 Å². The van der Waals surface area contributed by atoms with Crippen molar-refractivity contribution in [2.45, 2.75) is 26.4 Å². The van der Waals surface area contributed by atoms with Gasteiger partial charge in [0.2, 0.25) is 0 Å². The number of ether oxygens (including phenoxy) is 1. The van der Waals surface area contributed by atoms with Gasteiger partial charge in [0.05, 0.1) is 18.5 Å². The van der Waals surface area contributed by atoms with Gasteiger partial charge < -0.3 is 4.74 Å². The van der Waals surface area contributed by atoms with Crippen molar-refractivity contribution in [1.29, 1.82) is 0 Å². The van der Waals surface area contributed by atoms with E-state index in [9.17, 15) is 4.79 Å². The van der Waals surface area contributed by atoms with Gasteiger partial charge in [0.15, 0.2) is 21.3 Å². The van der Waals surface area contributed by atoms with E-state index in [1.165, 1.54) is 11.3 Å². The smallest absolute Gasteiger partial charge is 0.413 e. The average Bonchev–Trinajstić information content (AvgIpc) is 2.94. The molecule has 1 aromatic carbocycles. The number of thiazole rings is 1. The van der Waals surface area contributed by atoms with Crippen LogP contribution in [0.2, 0.25) is 0 Å². The molecule has 2 heterocycles. The summed E-state index contributed by atoms with van der Waals surface area (Å²) >= 11 is 1.22. The molecule has 0 atom stereocenters. The van der Waals surface area contributed by atoms with Crippen molar-refractivity contribution >= 4 is 38.7 Å². The molecule has 0 aliphatic heterocycles. The zero-order valence-corrected chi connectivity index (χ0v) is 14.7. The number of nitrogens with zero attached hydrogens (tertiary/aromatic N) is 4. The Kier molecular flexibility index (Phi) is 4.33.